The highest BCUT2D eigenvalue weighted by atomic mass is 16.7. The normalized spacial score (nSPS) is 40.9. The maximum absolute atomic E-state index is 14.2. The van der Waals surface area contributed by atoms with Gasteiger partial charge in [-0.05, 0) is 74.3 Å². The van der Waals surface area contributed by atoms with E-state index in [4.69, 9.17) is 66.7 Å². The Morgan fingerprint density at radius 1 is 0.767 bits per heavy atom. The van der Waals surface area contributed by atoms with Gasteiger partial charge < -0.3 is 102 Å². The Balaban J connectivity index is 1.38. The molecule has 0 saturated carbocycles. The summed E-state index contributed by atoms with van der Waals surface area (Å²) in [5.41, 5.74) is 0.757. The first-order valence-corrected chi connectivity index (χ1v) is 29.9. The van der Waals surface area contributed by atoms with E-state index >= 15 is 0 Å². The topological polar surface area (TPSA) is 333 Å². The quantitative estimate of drug-likeness (QED) is 0.0847. The molecule has 5 aliphatic heterocycles. The monoisotopic (exact) mass is 1230 g/mol. The first kappa shape index (κ1) is 73.1. The summed E-state index contributed by atoms with van der Waals surface area (Å²) in [4.78, 5) is 38.1. The van der Waals surface area contributed by atoms with Crippen molar-refractivity contribution < 1.29 is 117 Å². The van der Waals surface area contributed by atoms with Gasteiger partial charge in [-0.15, -0.1) is 0 Å². The first-order valence-electron chi connectivity index (χ1n) is 29.9. The van der Waals surface area contributed by atoms with Crippen molar-refractivity contribution in [2.75, 3.05) is 35.0 Å². The predicted octanol–water partition coefficient (Wildman–Crippen LogP) is 4.00. The number of ether oxygens (including phenoxy) is 13. The van der Waals surface area contributed by atoms with Crippen LogP contribution < -0.4 is 0 Å². The third kappa shape index (κ3) is 19.5. The van der Waals surface area contributed by atoms with Crippen molar-refractivity contribution in [3.05, 3.63) is 58.7 Å². The third-order valence-corrected chi connectivity index (χ3v) is 17.2. The van der Waals surface area contributed by atoms with Crippen molar-refractivity contribution in [1.29, 1.82) is 0 Å². The number of carboxylic acid groups (broad SMARTS) is 1. The fourth-order valence-corrected chi connectivity index (χ4v) is 12.1. The Kier molecular flexibility index (Phi) is 28.0. The van der Waals surface area contributed by atoms with Gasteiger partial charge in [0, 0.05) is 77.4 Å². The molecule has 24 heteroatoms. The second-order valence-corrected chi connectivity index (χ2v) is 24.3. The molecule has 0 aromatic rings. The molecular weight excluding hydrogens is 1130 g/mol. The molecule has 0 aliphatic carbocycles. The molecular formula is C62H100O24. The molecule has 86 heavy (non-hydrogen) atoms. The number of allylic oxidation sites excluding steroid dienone is 7. The van der Waals surface area contributed by atoms with Gasteiger partial charge in [-0.2, -0.15) is 0 Å². The average Bonchev–Trinajstić information content (AvgIpc) is 0.998. The van der Waals surface area contributed by atoms with Crippen LogP contribution in [0.4, 0.5) is 0 Å². The van der Waals surface area contributed by atoms with Crippen LogP contribution >= 0.6 is 0 Å². The highest BCUT2D eigenvalue weighted by molar-refractivity contribution is 5.88. The molecule has 25 atom stereocenters. The molecule has 0 radical (unpaired) electrons. The molecule has 5 heterocycles. The Labute approximate surface area is 506 Å². The maximum atomic E-state index is 14.2. The summed E-state index contributed by atoms with van der Waals surface area (Å²) in [6.07, 6.45) is -10.6. The van der Waals surface area contributed by atoms with Gasteiger partial charge >= 0.3 is 17.9 Å². The van der Waals surface area contributed by atoms with Crippen LogP contribution in [0.2, 0.25) is 0 Å². The summed E-state index contributed by atoms with van der Waals surface area (Å²) in [6, 6.07) is 0. The summed E-state index contributed by atoms with van der Waals surface area (Å²) < 4.78 is 78.0. The van der Waals surface area contributed by atoms with E-state index < -0.39 is 183 Å². The SMILES string of the molecule is COC[C@@H](C[C@H]1O[C@@](O)([C@@H](O)[C@@H]2C[C@H](OC)[C@@H](O)CCC=C(C)C=C[C@@H](O[C@@H]3O[C@@H](C)[C@H](OC)[C@@H](OC(=O)CCC(=O)O)[C@@H]3O)[C@@H](C)C=C(C)C=C(C)C=C(C)C(=O)O2)[C@H](C)[C@@H](O)[C@H]1C)O[C@H]1C[C@](C)(O)[C@@H](O[C@H]2C[C@@H](OC)[C@H](O)[C@@H](C)O2)[C@H](C)O1. The molecule has 0 aromatic carbocycles. The number of aliphatic carboxylic acids is 1. The van der Waals surface area contributed by atoms with Crippen molar-refractivity contribution in [2.24, 2.45) is 17.8 Å². The minimum Gasteiger partial charge on any atom is -0.481 e. The highest BCUT2D eigenvalue weighted by Gasteiger charge is 2.58. The third-order valence-electron chi connectivity index (χ3n) is 17.2. The van der Waals surface area contributed by atoms with Gasteiger partial charge in [-0.1, -0.05) is 67.9 Å². The zero-order valence-corrected chi connectivity index (χ0v) is 52.7. The molecule has 0 aromatic heterocycles. The minimum absolute atomic E-state index is 0.00992. The van der Waals surface area contributed by atoms with Crippen LogP contribution in [0.3, 0.4) is 0 Å². The number of methoxy groups -OCH3 is 4. The highest BCUT2D eigenvalue weighted by Crippen LogP contribution is 2.43. The Bertz CT molecular complexity index is 2340. The molecule has 492 valence electrons. The standard InChI is InChI=1S/C62H100O24/c1-31-17-16-18-42(63)45(75-13)27-47(82-59(71)35(5)25-33(3)23-32(2)24-34(4)43(20-19-31)83-60-54(69)56(55(77-15)39(9)80-60)84-49(66)22-21-48(64)65)57(70)62(73)37(7)52(67)36(6)44(86-62)26-41(30-74-12)81-51-29-61(11,72)58(40(10)79-51)85-50-28-46(76-14)53(68)38(8)78-50/h17,19-20,23-25,34,36-47,50-58,60,63,67-70,72-73H,16,18,21-22,26-30H2,1-15H3,(H,64,65)/t34-,36-,37+,38+,39-,40-,41+,42-,43+,44+,45-,46+,47-,50-,51-,52-,53+,54-,55-,56-,57-,58-,60-,61-,62+/m0/s1. The van der Waals surface area contributed by atoms with E-state index in [0.29, 0.717) is 12.0 Å². The smallest absolute Gasteiger partial charge is 0.334 e. The van der Waals surface area contributed by atoms with Gasteiger partial charge in [-0.3, -0.25) is 9.59 Å². The number of carbonyl (C=O) groups is 3. The summed E-state index contributed by atoms with van der Waals surface area (Å²) >= 11 is 0. The zero-order chi connectivity index (χ0) is 64.1. The lowest BCUT2D eigenvalue weighted by atomic mass is 9.76. The number of aliphatic hydroxyl groups is 7. The van der Waals surface area contributed by atoms with Crippen molar-refractivity contribution in [2.45, 2.75) is 262 Å². The van der Waals surface area contributed by atoms with E-state index in [1.807, 2.05) is 45.1 Å². The maximum Gasteiger partial charge on any atom is 0.334 e. The van der Waals surface area contributed by atoms with Crippen LogP contribution in [0.15, 0.2) is 58.7 Å². The van der Waals surface area contributed by atoms with Crippen molar-refractivity contribution in [3.63, 3.8) is 0 Å². The van der Waals surface area contributed by atoms with Crippen LogP contribution in [-0.2, 0) is 76.0 Å². The average molecular weight is 1230 g/mol. The number of hydrogen-bond acceptors (Lipinski definition) is 23. The minimum atomic E-state index is -2.57. The molecule has 4 fully saturated rings. The van der Waals surface area contributed by atoms with Crippen molar-refractivity contribution >= 4 is 17.9 Å². The van der Waals surface area contributed by atoms with Gasteiger partial charge in [0.2, 0.25) is 5.79 Å². The second kappa shape index (κ2) is 32.9. The van der Waals surface area contributed by atoms with E-state index in [-0.39, 0.29) is 44.3 Å². The number of carbonyl (C=O) groups excluding carboxylic acids is 2. The van der Waals surface area contributed by atoms with E-state index in [9.17, 15) is 50.1 Å². The number of hydrogen-bond donors (Lipinski definition) is 8. The number of rotatable bonds is 19. The lowest BCUT2D eigenvalue weighted by Gasteiger charge is -2.51. The van der Waals surface area contributed by atoms with Crippen LogP contribution in [-0.4, -0.2) is 228 Å². The fourth-order valence-electron chi connectivity index (χ4n) is 12.1. The Morgan fingerprint density at radius 3 is 2.07 bits per heavy atom. The van der Waals surface area contributed by atoms with Gasteiger partial charge in [0.05, 0.1) is 86.1 Å². The number of aliphatic hydroxyl groups excluding tert-OH is 5. The molecule has 24 nitrogen and oxygen atoms in total. The van der Waals surface area contributed by atoms with Gasteiger partial charge in [0.1, 0.15) is 36.6 Å². The second-order valence-electron chi connectivity index (χ2n) is 24.3. The summed E-state index contributed by atoms with van der Waals surface area (Å²) in [7, 11) is 5.70. The molecule has 0 spiro atoms. The molecule has 0 bridgehead atoms. The van der Waals surface area contributed by atoms with Gasteiger partial charge in [0.15, 0.2) is 25.0 Å². The van der Waals surface area contributed by atoms with Crippen LogP contribution in [0.1, 0.15) is 128 Å². The Morgan fingerprint density at radius 2 is 1.44 bits per heavy atom. The summed E-state index contributed by atoms with van der Waals surface area (Å²) in [5, 5.41) is 91.7. The summed E-state index contributed by atoms with van der Waals surface area (Å²) in [6.45, 7) is 18.8. The van der Waals surface area contributed by atoms with Crippen molar-refractivity contribution in [3.8, 4) is 0 Å². The number of esters is 2. The zero-order valence-electron chi connectivity index (χ0n) is 52.7. The Hall–Kier alpha value is -3.61. The van der Waals surface area contributed by atoms with E-state index in [2.05, 4.69) is 0 Å². The largest absolute Gasteiger partial charge is 0.481 e. The van der Waals surface area contributed by atoms with E-state index in [0.717, 1.165) is 11.1 Å². The van der Waals surface area contributed by atoms with Gasteiger partial charge in [-0.25, -0.2) is 4.79 Å². The molecule has 0 amide bonds. The molecule has 5 rings (SSSR count). The summed E-state index contributed by atoms with van der Waals surface area (Å²) in [5.74, 6) is -7.68. The van der Waals surface area contributed by atoms with Gasteiger partial charge in [0.25, 0.3) is 0 Å². The predicted molar refractivity (Wildman–Crippen MR) is 308 cm³/mol. The molecule has 8 N–H and O–H groups in total. The number of cyclic esters (lactones) is 1. The molecule has 4 saturated heterocycles. The first-order chi connectivity index (χ1) is 40.4. The van der Waals surface area contributed by atoms with Crippen LogP contribution in [0.25, 0.3) is 0 Å². The molecule has 0 unspecified atom stereocenters. The lowest BCUT2D eigenvalue weighted by molar-refractivity contribution is -0.366. The lowest BCUT2D eigenvalue weighted by Crippen LogP contribution is -2.66. The number of carboxylic acids is 1. The van der Waals surface area contributed by atoms with E-state index in [1.54, 1.807) is 53.7 Å². The fraction of sp³-hybridized carbons (Fsp3) is 0.790. The van der Waals surface area contributed by atoms with Crippen LogP contribution in [0, 0.1) is 17.8 Å². The van der Waals surface area contributed by atoms with Crippen molar-refractivity contribution in [1.82, 2.24) is 0 Å². The van der Waals surface area contributed by atoms with Crippen LogP contribution in [0.5, 0.6) is 0 Å². The molecule has 5 aliphatic rings. The van der Waals surface area contributed by atoms with E-state index in [1.165, 1.54) is 42.3 Å².